The Labute approximate surface area is 177 Å². The normalized spacial score (nSPS) is 17.8. The molecule has 0 radical (unpaired) electrons. The quantitative estimate of drug-likeness (QED) is 0.390. The molecule has 0 aliphatic carbocycles. The number of amides is 4. The molecular weight excluding hydrogens is 408 g/mol. The lowest BCUT2D eigenvalue weighted by molar-refractivity contribution is -0.385. The number of hydrogen-bond donors (Lipinski definition) is 2. The molecule has 1 fully saturated rings. The molecule has 162 valence electrons. The zero-order valence-electron chi connectivity index (χ0n) is 17.0. The first-order valence-corrected chi connectivity index (χ1v) is 9.10. The molecule has 11 nitrogen and oxygen atoms in total. The van der Waals surface area contributed by atoms with Gasteiger partial charge in [-0.3, -0.25) is 24.6 Å². The molecular formula is C20H20N4O7. The molecule has 1 saturated heterocycles. The molecule has 1 unspecified atom stereocenters. The minimum Gasteiger partial charge on any atom is -0.497 e. The molecule has 4 amide bonds. The second-order valence-electron chi connectivity index (χ2n) is 6.87. The van der Waals surface area contributed by atoms with Crippen LogP contribution < -0.4 is 20.1 Å². The fourth-order valence-corrected chi connectivity index (χ4v) is 3.21. The van der Waals surface area contributed by atoms with Crippen LogP contribution in [0, 0.1) is 10.1 Å². The van der Waals surface area contributed by atoms with Gasteiger partial charge in [0, 0.05) is 18.2 Å². The number of nitrogens with one attached hydrogen (secondary N) is 2. The van der Waals surface area contributed by atoms with E-state index in [1.807, 2.05) is 0 Å². The van der Waals surface area contributed by atoms with Crippen LogP contribution in [0.15, 0.2) is 42.5 Å². The standard InChI is InChI=1S/C20H20N4O7/c1-20(12-5-4-6-13(9-12)24(28)29)18(26)23(19(27)22-20)11-17(25)21-15-10-14(30-2)7-8-16(15)31-3/h4-10H,11H2,1-3H3,(H,21,25)(H,22,27). The van der Waals surface area contributed by atoms with Crippen LogP contribution in [0.5, 0.6) is 11.5 Å². The van der Waals surface area contributed by atoms with E-state index in [2.05, 4.69) is 10.6 Å². The van der Waals surface area contributed by atoms with Gasteiger partial charge >= 0.3 is 6.03 Å². The van der Waals surface area contributed by atoms with Crippen LogP contribution in [-0.4, -0.2) is 48.4 Å². The van der Waals surface area contributed by atoms with Crippen molar-refractivity contribution in [3.05, 3.63) is 58.1 Å². The molecule has 2 N–H and O–H groups in total. The van der Waals surface area contributed by atoms with Crippen molar-refractivity contribution < 1.29 is 28.8 Å². The van der Waals surface area contributed by atoms with Crippen molar-refractivity contribution in [1.82, 2.24) is 10.2 Å². The lowest BCUT2D eigenvalue weighted by atomic mass is 9.91. The van der Waals surface area contributed by atoms with E-state index in [-0.39, 0.29) is 11.3 Å². The minimum atomic E-state index is -1.54. The first-order valence-electron chi connectivity index (χ1n) is 9.10. The lowest BCUT2D eigenvalue weighted by Gasteiger charge is -2.22. The van der Waals surface area contributed by atoms with E-state index in [4.69, 9.17) is 9.47 Å². The summed E-state index contributed by atoms with van der Waals surface area (Å²) >= 11 is 0. The fourth-order valence-electron chi connectivity index (χ4n) is 3.21. The first kappa shape index (κ1) is 21.6. The molecule has 1 atom stereocenters. The largest absolute Gasteiger partial charge is 0.497 e. The van der Waals surface area contributed by atoms with Gasteiger partial charge in [-0.25, -0.2) is 4.79 Å². The number of carbonyl (C=O) groups is 3. The van der Waals surface area contributed by atoms with E-state index < -0.39 is 34.9 Å². The monoisotopic (exact) mass is 428 g/mol. The molecule has 1 heterocycles. The Morgan fingerprint density at radius 1 is 1.19 bits per heavy atom. The van der Waals surface area contributed by atoms with Crippen LogP contribution in [0.3, 0.4) is 0 Å². The minimum absolute atomic E-state index is 0.220. The van der Waals surface area contributed by atoms with Gasteiger partial charge in [-0.15, -0.1) is 0 Å². The zero-order valence-corrected chi connectivity index (χ0v) is 17.0. The number of rotatable bonds is 7. The van der Waals surface area contributed by atoms with Crippen LogP contribution in [0.1, 0.15) is 12.5 Å². The molecule has 0 bridgehead atoms. The molecule has 0 aromatic heterocycles. The molecule has 2 aromatic rings. The van der Waals surface area contributed by atoms with Crippen LogP contribution in [0.4, 0.5) is 16.2 Å². The average Bonchev–Trinajstić information content (AvgIpc) is 2.97. The summed E-state index contributed by atoms with van der Waals surface area (Å²) in [7, 11) is 2.90. The van der Waals surface area contributed by atoms with Gasteiger partial charge in [0.1, 0.15) is 23.6 Å². The summed E-state index contributed by atoms with van der Waals surface area (Å²) < 4.78 is 10.3. The van der Waals surface area contributed by atoms with Gasteiger partial charge in [0.15, 0.2) is 0 Å². The summed E-state index contributed by atoms with van der Waals surface area (Å²) in [4.78, 5) is 49.2. The van der Waals surface area contributed by atoms with Crippen LogP contribution in [0.2, 0.25) is 0 Å². The van der Waals surface area contributed by atoms with Gasteiger partial charge in [-0.1, -0.05) is 12.1 Å². The van der Waals surface area contributed by atoms with Gasteiger partial charge in [0.2, 0.25) is 5.91 Å². The smallest absolute Gasteiger partial charge is 0.325 e. The molecule has 11 heteroatoms. The van der Waals surface area contributed by atoms with Gasteiger partial charge in [-0.05, 0) is 24.6 Å². The van der Waals surface area contributed by atoms with E-state index in [0.29, 0.717) is 17.2 Å². The number of carbonyl (C=O) groups excluding carboxylic acids is 3. The van der Waals surface area contributed by atoms with E-state index in [1.165, 1.54) is 51.5 Å². The van der Waals surface area contributed by atoms with Crippen LogP contribution >= 0.6 is 0 Å². The van der Waals surface area contributed by atoms with E-state index >= 15 is 0 Å². The van der Waals surface area contributed by atoms with Gasteiger partial charge in [-0.2, -0.15) is 0 Å². The summed E-state index contributed by atoms with van der Waals surface area (Å²) in [6.07, 6.45) is 0. The number of urea groups is 1. The second kappa shape index (κ2) is 8.30. The molecule has 1 aliphatic rings. The Morgan fingerprint density at radius 3 is 2.58 bits per heavy atom. The van der Waals surface area contributed by atoms with E-state index in [1.54, 1.807) is 12.1 Å². The van der Waals surface area contributed by atoms with Crippen molar-refractivity contribution in [3.8, 4) is 11.5 Å². The maximum atomic E-state index is 13.0. The summed E-state index contributed by atoms with van der Waals surface area (Å²) in [5.74, 6) is -0.499. The van der Waals surface area contributed by atoms with Gasteiger partial charge < -0.3 is 20.1 Å². The first-order chi connectivity index (χ1) is 14.7. The Bertz CT molecular complexity index is 1070. The number of hydrogen-bond acceptors (Lipinski definition) is 7. The van der Waals surface area contributed by atoms with Crippen molar-refractivity contribution in [2.45, 2.75) is 12.5 Å². The summed E-state index contributed by atoms with van der Waals surface area (Å²) in [5.41, 5.74) is -1.23. The molecule has 31 heavy (non-hydrogen) atoms. The molecule has 3 rings (SSSR count). The third kappa shape index (κ3) is 4.10. The fraction of sp³-hybridized carbons (Fsp3) is 0.250. The SMILES string of the molecule is COc1ccc(OC)c(NC(=O)CN2C(=O)NC(C)(c3cccc([N+](=O)[O-])c3)C2=O)c1. The van der Waals surface area contributed by atoms with Gasteiger partial charge in [0.25, 0.3) is 11.6 Å². The predicted octanol–water partition coefficient (Wildman–Crippen LogP) is 2.02. The third-order valence-corrected chi connectivity index (χ3v) is 4.89. The lowest BCUT2D eigenvalue weighted by Crippen LogP contribution is -2.42. The molecule has 1 aliphatic heterocycles. The number of imide groups is 1. The number of nitrogens with zero attached hydrogens (tertiary/aromatic N) is 2. The maximum absolute atomic E-state index is 13.0. The van der Waals surface area contributed by atoms with Crippen molar-refractivity contribution in [1.29, 1.82) is 0 Å². The number of non-ortho nitro benzene ring substituents is 1. The van der Waals surface area contributed by atoms with Crippen molar-refractivity contribution in [2.75, 3.05) is 26.1 Å². The van der Waals surface area contributed by atoms with Gasteiger partial charge in [0.05, 0.1) is 24.8 Å². The highest BCUT2D eigenvalue weighted by atomic mass is 16.6. The molecule has 0 saturated carbocycles. The summed E-state index contributed by atoms with van der Waals surface area (Å²) in [6.45, 7) is 0.866. The highest BCUT2D eigenvalue weighted by Gasteiger charge is 2.49. The zero-order chi connectivity index (χ0) is 22.8. The third-order valence-electron chi connectivity index (χ3n) is 4.89. The van der Waals surface area contributed by atoms with Crippen molar-refractivity contribution in [3.63, 3.8) is 0 Å². The summed E-state index contributed by atoms with van der Waals surface area (Å²) in [6, 6.07) is 9.41. The maximum Gasteiger partial charge on any atom is 0.325 e. The van der Waals surface area contributed by atoms with Crippen molar-refractivity contribution >= 4 is 29.2 Å². The Kier molecular flexibility index (Phi) is 5.77. The Balaban J connectivity index is 1.80. The van der Waals surface area contributed by atoms with E-state index in [9.17, 15) is 24.5 Å². The number of nitro benzene ring substituents is 1. The van der Waals surface area contributed by atoms with Crippen LogP contribution in [-0.2, 0) is 15.1 Å². The number of ether oxygens (including phenoxy) is 2. The van der Waals surface area contributed by atoms with Crippen molar-refractivity contribution in [2.24, 2.45) is 0 Å². The predicted molar refractivity (Wildman–Crippen MR) is 109 cm³/mol. The number of anilines is 1. The average molecular weight is 428 g/mol. The highest BCUT2D eigenvalue weighted by Crippen LogP contribution is 2.32. The molecule has 0 spiro atoms. The Hall–Kier alpha value is -4.15. The topological polar surface area (TPSA) is 140 Å². The molecule has 2 aromatic carbocycles. The number of benzene rings is 2. The number of nitro groups is 1. The Morgan fingerprint density at radius 2 is 1.94 bits per heavy atom. The van der Waals surface area contributed by atoms with Crippen LogP contribution in [0.25, 0.3) is 0 Å². The second-order valence-corrected chi connectivity index (χ2v) is 6.87. The summed E-state index contributed by atoms with van der Waals surface area (Å²) in [5, 5.41) is 16.2. The highest BCUT2D eigenvalue weighted by molar-refractivity contribution is 6.10. The van der Waals surface area contributed by atoms with E-state index in [0.717, 1.165) is 4.90 Å². The number of methoxy groups -OCH3 is 2.